The summed E-state index contributed by atoms with van der Waals surface area (Å²) in [4.78, 5) is 19.6. The number of aryl methyl sites for hydroxylation is 1. The average molecular weight is 249 g/mol. The zero-order valence-electron chi connectivity index (χ0n) is 9.20. The summed E-state index contributed by atoms with van der Waals surface area (Å²) in [5.41, 5.74) is 0.0647. The molecule has 0 saturated carbocycles. The Labute approximate surface area is 103 Å². The number of nitrogens with zero attached hydrogens (tertiary/aromatic N) is 3. The molecule has 0 unspecified atom stereocenters. The first kappa shape index (κ1) is 11.7. The van der Waals surface area contributed by atoms with Crippen molar-refractivity contribution in [2.45, 2.75) is 10.6 Å². The highest BCUT2D eigenvalue weighted by Gasteiger charge is 2.06. The zero-order chi connectivity index (χ0) is 12.3. The van der Waals surface area contributed by atoms with Gasteiger partial charge in [-0.3, -0.25) is 0 Å². The molecule has 0 radical (unpaired) electrons. The van der Waals surface area contributed by atoms with Crippen LogP contribution in [0, 0.1) is 0 Å². The summed E-state index contributed by atoms with van der Waals surface area (Å²) in [6, 6.07) is 3.36. The minimum absolute atomic E-state index is 0.0647. The van der Waals surface area contributed by atoms with Crippen LogP contribution in [0.4, 0.5) is 0 Å². The quantitative estimate of drug-likeness (QED) is 0.837. The molecular weight excluding hydrogens is 238 g/mol. The van der Waals surface area contributed by atoms with Gasteiger partial charge in [0.1, 0.15) is 11.5 Å². The van der Waals surface area contributed by atoms with Gasteiger partial charge in [-0.25, -0.2) is 14.8 Å². The van der Waals surface area contributed by atoms with Crippen molar-refractivity contribution in [3.8, 4) is 0 Å². The van der Waals surface area contributed by atoms with Gasteiger partial charge in [-0.2, -0.15) is 0 Å². The maximum atomic E-state index is 10.8. The van der Waals surface area contributed by atoms with Crippen LogP contribution < -0.4 is 0 Å². The lowest BCUT2D eigenvalue weighted by atomic mass is 10.3. The lowest BCUT2D eigenvalue weighted by Gasteiger charge is -2.02. The van der Waals surface area contributed by atoms with E-state index in [1.807, 2.05) is 17.8 Å². The molecular formula is C11H11N3O2S. The predicted octanol–water partition coefficient (Wildman–Crippen LogP) is 1.81. The van der Waals surface area contributed by atoms with E-state index in [0.717, 1.165) is 10.7 Å². The van der Waals surface area contributed by atoms with Crippen LogP contribution in [0.2, 0.25) is 0 Å². The number of carboxylic acids is 1. The molecule has 1 N–H and O–H groups in total. The molecule has 2 aromatic rings. The molecule has 0 spiro atoms. The number of thioether (sulfide) groups is 1. The number of aromatic carboxylic acids is 1. The largest absolute Gasteiger partial charge is 0.477 e. The van der Waals surface area contributed by atoms with Gasteiger partial charge in [0.15, 0.2) is 0 Å². The molecule has 2 aromatic heterocycles. The molecule has 0 aliphatic heterocycles. The zero-order valence-corrected chi connectivity index (χ0v) is 10.0. The van der Waals surface area contributed by atoms with Crippen LogP contribution in [0.15, 0.2) is 35.6 Å². The molecule has 0 fully saturated rings. The number of rotatable bonds is 4. The fourth-order valence-electron chi connectivity index (χ4n) is 1.30. The highest BCUT2D eigenvalue weighted by Crippen LogP contribution is 2.21. The van der Waals surface area contributed by atoms with Crippen molar-refractivity contribution >= 4 is 17.7 Å². The normalized spacial score (nSPS) is 10.4. The second-order valence-electron chi connectivity index (χ2n) is 3.42. The minimum Gasteiger partial charge on any atom is -0.477 e. The maximum Gasteiger partial charge on any atom is 0.354 e. The van der Waals surface area contributed by atoms with Gasteiger partial charge in [0.2, 0.25) is 0 Å². The molecule has 0 aliphatic carbocycles. The number of carbonyl (C=O) groups is 1. The third kappa shape index (κ3) is 2.85. The summed E-state index contributed by atoms with van der Waals surface area (Å²) >= 11 is 1.54. The van der Waals surface area contributed by atoms with Crippen LogP contribution in [-0.2, 0) is 12.8 Å². The summed E-state index contributed by atoms with van der Waals surface area (Å²) < 4.78 is 1.94. The lowest BCUT2D eigenvalue weighted by Crippen LogP contribution is -1.99. The molecule has 5 nitrogen and oxygen atoms in total. The fourth-order valence-corrected chi connectivity index (χ4v) is 2.23. The molecule has 2 heterocycles. The Hall–Kier alpha value is -1.82. The number of pyridine rings is 1. The molecule has 0 aliphatic rings. The van der Waals surface area contributed by atoms with Crippen LogP contribution in [-0.4, -0.2) is 25.6 Å². The second-order valence-corrected chi connectivity index (χ2v) is 4.47. The molecule has 2 rings (SSSR count). The molecule has 0 aromatic carbocycles. The number of hydrogen-bond acceptors (Lipinski definition) is 4. The van der Waals surface area contributed by atoms with Crippen molar-refractivity contribution in [2.24, 2.45) is 7.05 Å². The van der Waals surface area contributed by atoms with Gasteiger partial charge in [-0.15, -0.1) is 11.8 Å². The van der Waals surface area contributed by atoms with E-state index < -0.39 is 5.97 Å². The first-order chi connectivity index (χ1) is 8.16. The molecule has 0 amide bonds. The molecule has 0 saturated heterocycles. The smallest absolute Gasteiger partial charge is 0.354 e. The van der Waals surface area contributed by atoms with Crippen LogP contribution in [0.5, 0.6) is 0 Å². The van der Waals surface area contributed by atoms with Gasteiger partial charge >= 0.3 is 5.97 Å². The van der Waals surface area contributed by atoms with Crippen molar-refractivity contribution in [1.82, 2.24) is 14.5 Å². The topological polar surface area (TPSA) is 68.0 Å². The number of hydrogen-bond donors (Lipinski definition) is 1. The summed E-state index contributed by atoms with van der Waals surface area (Å²) in [7, 11) is 1.93. The SMILES string of the molecule is Cn1ccnc1CSc1ccnc(C(=O)O)c1. The number of aromatic nitrogens is 3. The predicted molar refractivity (Wildman–Crippen MR) is 64.0 cm³/mol. The molecule has 88 valence electrons. The van der Waals surface area contributed by atoms with Gasteiger partial charge < -0.3 is 9.67 Å². The van der Waals surface area contributed by atoms with Crippen LogP contribution >= 0.6 is 11.8 Å². The standard InChI is InChI=1S/C11H11N3O2S/c1-14-5-4-13-10(14)7-17-8-2-3-12-9(6-8)11(15)16/h2-6H,7H2,1H3,(H,15,16). The lowest BCUT2D eigenvalue weighted by molar-refractivity contribution is 0.0690. The van der Waals surface area contributed by atoms with Gasteiger partial charge in [-0.1, -0.05) is 0 Å². The number of imidazole rings is 1. The maximum absolute atomic E-state index is 10.8. The van der Waals surface area contributed by atoms with Gasteiger partial charge in [0.05, 0.1) is 5.75 Å². The van der Waals surface area contributed by atoms with Gasteiger partial charge in [-0.05, 0) is 12.1 Å². The van der Waals surface area contributed by atoms with Crippen LogP contribution in [0.3, 0.4) is 0 Å². The van der Waals surface area contributed by atoms with Crippen molar-refractivity contribution < 1.29 is 9.90 Å². The second kappa shape index (κ2) is 5.01. The van der Waals surface area contributed by atoms with E-state index in [-0.39, 0.29) is 5.69 Å². The van der Waals surface area contributed by atoms with E-state index in [1.165, 1.54) is 18.0 Å². The van der Waals surface area contributed by atoms with E-state index in [9.17, 15) is 4.79 Å². The first-order valence-corrected chi connectivity index (χ1v) is 5.94. The Morgan fingerprint density at radius 2 is 2.29 bits per heavy atom. The summed E-state index contributed by atoms with van der Waals surface area (Å²) in [6.07, 6.45) is 5.13. The molecule has 0 atom stereocenters. The summed E-state index contributed by atoms with van der Waals surface area (Å²) in [5.74, 6) is 0.639. The number of carboxylic acid groups (broad SMARTS) is 1. The van der Waals surface area contributed by atoms with Crippen molar-refractivity contribution in [2.75, 3.05) is 0 Å². The Morgan fingerprint density at radius 3 is 2.94 bits per heavy atom. The minimum atomic E-state index is -1.01. The summed E-state index contributed by atoms with van der Waals surface area (Å²) in [5, 5.41) is 8.82. The Balaban J connectivity index is 2.07. The Morgan fingerprint density at radius 1 is 1.47 bits per heavy atom. The monoisotopic (exact) mass is 249 g/mol. The summed E-state index contributed by atoms with van der Waals surface area (Å²) in [6.45, 7) is 0. The van der Waals surface area contributed by atoms with E-state index in [0.29, 0.717) is 5.75 Å². The highest BCUT2D eigenvalue weighted by molar-refractivity contribution is 7.98. The molecule has 6 heteroatoms. The van der Waals surface area contributed by atoms with Crippen molar-refractivity contribution in [1.29, 1.82) is 0 Å². The molecule has 17 heavy (non-hydrogen) atoms. The third-order valence-corrected chi connectivity index (χ3v) is 3.23. The van der Waals surface area contributed by atoms with E-state index in [2.05, 4.69) is 9.97 Å². The van der Waals surface area contributed by atoms with Crippen LogP contribution in [0.1, 0.15) is 16.3 Å². The van der Waals surface area contributed by atoms with Crippen molar-refractivity contribution in [3.63, 3.8) is 0 Å². The van der Waals surface area contributed by atoms with Gasteiger partial charge in [0.25, 0.3) is 0 Å². The highest BCUT2D eigenvalue weighted by atomic mass is 32.2. The first-order valence-electron chi connectivity index (χ1n) is 4.95. The van der Waals surface area contributed by atoms with Gasteiger partial charge in [0, 0.05) is 30.5 Å². The Bertz CT molecular complexity index is 539. The van der Waals surface area contributed by atoms with E-state index in [4.69, 9.17) is 5.11 Å². The van der Waals surface area contributed by atoms with E-state index >= 15 is 0 Å². The fraction of sp³-hybridized carbons (Fsp3) is 0.182. The average Bonchev–Trinajstić information content (AvgIpc) is 2.72. The third-order valence-electron chi connectivity index (χ3n) is 2.24. The molecule has 0 bridgehead atoms. The van der Waals surface area contributed by atoms with E-state index in [1.54, 1.807) is 18.3 Å². The van der Waals surface area contributed by atoms with Crippen molar-refractivity contribution in [3.05, 3.63) is 42.2 Å². The Kier molecular flexibility index (Phi) is 3.43. The van der Waals surface area contributed by atoms with Crippen LogP contribution in [0.25, 0.3) is 0 Å².